The highest BCUT2D eigenvalue weighted by atomic mass is 15.1. The molecule has 1 N–H and O–H groups in total. The molecule has 1 fully saturated rings. The van der Waals surface area contributed by atoms with E-state index in [0.29, 0.717) is 12.0 Å². The number of rotatable bonds is 5. The molecule has 5 rings (SSSR count). The third-order valence-electron chi connectivity index (χ3n) is 5.72. The van der Waals surface area contributed by atoms with Gasteiger partial charge in [0.25, 0.3) is 0 Å². The van der Waals surface area contributed by atoms with E-state index in [4.69, 9.17) is 4.98 Å². The van der Waals surface area contributed by atoms with E-state index in [1.165, 1.54) is 18.5 Å². The molecule has 0 amide bonds. The van der Waals surface area contributed by atoms with Crippen LogP contribution in [0, 0.1) is 0 Å². The van der Waals surface area contributed by atoms with Gasteiger partial charge >= 0.3 is 0 Å². The Morgan fingerprint density at radius 2 is 1.77 bits per heavy atom. The maximum absolute atomic E-state index is 4.79. The van der Waals surface area contributed by atoms with Gasteiger partial charge in [-0.25, -0.2) is 9.97 Å². The van der Waals surface area contributed by atoms with Crippen molar-refractivity contribution in [2.75, 3.05) is 23.3 Å². The van der Waals surface area contributed by atoms with Gasteiger partial charge in [-0.05, 0) is 63.1 Å². The zero-order valence-corrected chi connectivity index (χ0v) is 17.4. The van der Waals surface area contributed by atoms with Crippen molar-refractivity contribution in [1.82, 2.24) is 19.5 Å². The second-order valence-corrected chi connectivity index (χ2v) is 8.07. The van der Waals surface area contributed by atoms with Crippen LogP contribution in [-0.2, 0) is 0 Å². The largest absolute Gasteiger partial charge is 0.372 e. The minimum Gasteiger partial charge on any atom is -0.372 e. The number of anilines is 3. The summed E-state index contributed by atoms with van der Waals surface area (Å²) in [5.41, 5.74) is 5.38. The van der Waals surface area contributed by atoms with Gasteiger partial charge < -0.3 is 14.8 Å². The predicted octanol–water partition coefficient (Wildman–Crippen LogP) is 5.42. The van der Waals surface area contributed by atoms with E-state index in [0.717, 1.165) is 40.9 Å². The van der Waals surface area contributed by atoms with Gasteiger partial charge in [0.15, 0.2) is 0 Å². The second kappa shape index (κ2) is 7.78. The van der Waals surface area contributed by atoms with Crippen molar-refractivity contribution in [2.24, 2.45) is 0 Å². The van der Waals surface area contributed by atoms with Crippen molar-refractivity contribution in [3.63, 3.8) is 0 Å². The van der Waals surface area contributed by atoms with Crippen LogP contribution >= 0.6 is 0 Å². The quantitative estimate of drug-likeness (QED) is 0.486. The van der Waals surface area contributed by atoms with Crippen LogP contribution in [0.15, 0.2) is 61.2 Å². The lowest BCUT2D eigenvalue weighted by molar-refractivity contribution is 0.622. The summed E-state index contributed by atoms with van der Waals surface area (Å²) in [6.45, 7) is 6.65. The van der Waals surface area contributed by atoms with Crippen LogP contribution in [0.1, 0.15) is 32.7 Å². The number of fused-ring (bicyclic) bond motifs is 1. The molecule has 152 valence electrons. The van der Waals surface area contributed by atoms with E-state index in [1.54, 1.807) is 0 Å². The summed E-state index contributed by atoms with van der Waals surface area (Å²) in [5, 5.41) is 4.50. The molecular formula is C24H26N6. The highest BCUT2D eigenvalue weighted by Crippen LogP contribution is 2.31. The summed E-state index contributed by atoms with van der Waals surface area (Å²) >= 11 is 0. The first-order valence-corrected chi connectivity index (χ1v) is 10.6. The Morgan fingerprint density at radius 1 is 0.967 bits per heavy atom. The minimum absolute atomic E-state index is 0.346. The monoisotopic (exact) mass is 398 g/mol. The molecule has 1 aliphatic heterocycles. The molecule has 6 heteroatoms. The SMILES string of the molecule is CC(C)n1cc(-c2ccnc(Nc3ccc(N4CCCC4)cc3)n2)c2ccncc21. The van der Waals surface area contributed by atoms with Crippen LogP contribution in [0.2, 0.25) is 0 Å². The van der Waals surface area contributed by atoms with Crippen molar-refractivity contribution in [1.29, 1.82) is 0 Å². The van der Waals surface area contributed by atoms with Crippen LogP contribution < -0.4 is 10.2 Å². The van der Waals surface area contributed by atoms with Crippen molar-refractivity contribution < 1.29 is 0 Å². The number of benzene rings is 1. The first-order chi connectivity index (χ1) is 14.7. The smallest absolute Gasteiger partial charge is 0.227 e. The Hall–Kier alpha value is -3.41. The average molecular weight is 399 g/mol. The fourth-order valence-electron chi connectivity index (χ4n) is 4.16. The topological polar surface area (TPSA) is 58.9 Å². The van der Waals surface area contributed by atoms with E-state index in [9.17, 15) is 0 Å². The molecule has 6 nitrogen and oxygen atoms in total. The summed E-state index contributed by atoms with van der Waals surface area (Å²) in [5.74, 6) is 0.598. The maximum atomic E-state index is 4.79. The fraction of sp³-hybridized carbons (Fsp3) is 0.292. The molecule has 0 bridgehead atoms. The van der Waals surface area contributed by atoms with Gasteiger partial charge in [-0.2, -0.15) is 0 Å². The first-order valence-electron chi connectivity index (χ1n) is 10.6. The number of nitrogens with one attached hydrogen (secondary N) is 1. The van der Waals surface area contributed by atoms with Gasteiger partial charge in [-0.15, -0.1) is 0 Å². The molecule has 0 saturated carbocycles. The molecule has 3 aromatic heterocycles. The zero-order valence-electron chi connectivity index (χ0n) is 17.4. The molecule has 1 saturated heterocycles. The Balaban J connectivity index is 1.43. The van der Waals surface area contributed by atoms with Crippen molar-refractivity contribution in [3.05, 3.63) is 61.2 Å². The summed E-state index contributed by atoms with van der Waals surface area (Å²) in [6.07, 6.45) is 10.3. The van der Waals surface area contributed by atoms with Gasteiger partial charge in [0.2, 0.25) is 5.95 Å². The highest BCUT2D eigenvalue weighted by Gasteiger charge is 2.14. The molecule has 0 aliphatic carbocycles. The van der Waals surface area contributed by atoms with E-state index < -0.39 is 0 Å². The lowest BCUT2D eigenvalue weighted by atomic mass is 10.1. The molecule has 1 aromatic carbocycles. The van der Waals surface area contributed by atoms with Gasteiger partial charge in [-0.1, -0.05) is 0 Å². The Labute approximate surface area is 176 Å². The fourth-order valence-corrected chi connectivity index (χ4v) is 4.16. The zero-order chi connectivity index (χ0) is 20.5. The van der Waals surface area contributed by atoms with Crippen molar-refractivity contribution in [3.8, 4) is 11.3 Å². The molecule has 0 spiro atoms. The number of nitrogens with zero attached hydrogens (tertiary/aromatic N) is 5. The van der Waals surface area contributed by atoms with E-state index in [1.807, 2.05) is 24.7 Å². The Bertz CT molecular complexity index is 1160. The van der Waals surface area contributed by atoms with Crippen LogP contribution in [0.25, 0.3) is 22.2 Å². The minimum atomic E-state index is 0.346. The molecule has 0 radical (unpaired) electrons. The van der Waals surface area contributed by atoms with Gasteiger partial charge in [0.1, 0.15) is 0 Å². The van der Waals surface area contributed by atoms with Crippen LogP contribution in [-0.4, -0.2) is 32.6 Å². The molecule has 0 atom stereocenters. The third-order valence-corrected chi connectivity index (χ3v) is 5.72. The molecule has 30 heavy (non-hydrogen) atoms. The summed E-state index contributed by atoms with van der Waals surface area (Å²) in [7, 11) is 0. The summed E-state index contributed by atoms with van der Waals surface area (Å²) in [6, 6.07) is 12.9. The van der Waals surface area contributed by atoms with Crippen molar-refractivity contribution in [2.45, 2.75) is 32.7 Å². The van der Waals surface area contributed by atoms with E-state index >= 15 is 0 Å². The predicted molar refractivity (Wildman–Crippen MR) is 122 cm³/mol. The number of hydrogen-bond acceptors (Lipinski definition) is 5. The second-order valence-electron chi connectivity index (χ2n) is 8.07. The third kappa shape index (κ3) is 3.49. The Kier molecular flexibility index (Phi) is 4.83. The molecule has 0 unspecified atom stereocenters. The van der Waals surface area contributed by atoms with Crippen LogP contribution in [0.3, 0.4) is 0 Å². The summed E-state index contributed by atoms with van der Waals surface area (Å²) in [4.78, 5) is 16.0. The lowest BCUT2D eigenvalue weighted by Gasteiger charge is -2.17. The highest BCUT2D eigenvalue weighted by molar-refractivity contribution is 5.94. The summed E-state index contributed by atoms with van der Waals surface area (Å²) < 4.78 is 2.24. The van der Waals surface area contributed by atoms with Crippen LogP contribution in [0.4, 0.5) is 17.3 Å². The van der Waals surface area contributed by atoms with E-state index in [2.05, 4.69) is 75.1 Å². The Morgan fingerprint density at radius 3 is 2.53 bits per heavy atom. The van der Waals surface area contributed by atoms with E-state index in [-0.39, 0.29) is 0 Å². The lowest BCUT2D eigenvalue weighted by Crippen LogP contribution is -2.17. The van der Waals surface area contributed by atoms with Crippen molar-refractivity contribution >= 4 is 28.2 Å². The van der Waals surface area contributed by atoms with Crippen LogP contribution in [0.5, 0.6) is 0 Å². The number of aromatic nitrogens is 4. The number of hydrogen-bond donors (Lipinski definition) is 1. The molecule has 4 heterocycles. The van der Waals surface area contributed by atoms with Gasteiger partial charge in [0, 0.05) is 60.0 Å². The first kappa shape index (κ1) is 18.6. The molecule has 4 aromatic rings. The number of pyridine rings is 1. The average Bonchev–Trinajstić information content (AvgIpc) is 3.43. The van der Waals surface area contributed by atoms with Gasteiger partial charge in [-0.3, -0.25) is 4.98 Å². The molecular weight excluding hydrogens is 372 g/mol. The standard InChI is InChI=1S/C24H26N6/c1-17(2)30-16-21(20-9-11-25-15-23(20)30)22-10-12-26-24(28-22)27-18-5-7-19(8-6-18)29-13-3-4-14-29/h5-12,15-17H,3-4,13-14H2,1-2H3,(H,26,27,28). The van der Waals surface area contributed by atoms with Gasteiger partial charge in [0.05, 0.1) is 17.4 Å². The molecule has 1 aliphatic rings. The maximum Gasteiger partial charge on any atom is 0.227 e. The normalized spacial score (nSPS) is 14.0.